The smallest absolute Gasteiger partial charge is 0.300 e. The Bertz CT molecular complexity index is 1390. The lowest BCUT2D eigenvalue weighted by atomic mass is 9.83. The number of aromatic nitrogens is 2. The molecule has 4 rings (SSSR count). The van der Waals surface area contributed by atoms with E-state index < -0.39 is 21.7 Å². The number of halogens is 2. The molecule has 224 valence electrons. The van der Waals surface area contributed by atoms with Crippen LogP contribution in [0.2, 0.25) is 0 Å². The first-order chi connectivity index (χ1) is 19.3. The minimum Gasteiger partial charge on any atom is -0.507 e. The van der Waals surface area contributed by atoms with Gasteiger partial charge in [-0.05, 0) is 48.1 Å². The van der Waals surface area contributed by atoms with E-state index >= 15 is 0 Å². The third-order valence-electron chi connectivity index (χ3n) is 6.73. The predicted molar refractivity (Wildman–Crippen MR) is 156 cm³/mol. The van der Waals surface area contributed by atoms with Crippen LogP contribution < -0.4 is 14.8 Å². The number of benzene rings is 2. The van der Waals surface area contributed by atoms with Crippen molar-refractivity contribution in [3.63, 3.8) is 0 Å². The molecule has 0 saturated carbocycles. The van der Waals surface area contributed by atoms with Gasteiger partial charge in [-0.3, -0.25) is 0 Å². The number of aryl methyl sites for hydroxylation is 1. The highest BCUT2D eigenvalue weighted by Gasteiger charge is 2.31. The number of aliphatic hydroxyl groups is 1. The van der Waals surface area contributed by atoms with Crippen molar-refractivity contribution in [1.29, 1.82) is 0 Å². The SMILES string of the molecule is C=C(O)C(C)(F)F.CC(C)CCNC1COc2ccc(CNS(=O)(=O)c3cn(C)cn3)cc2C1Cc1ccccc1. The third-order valence-corrected chi connectivity index (χ3v) is 8.02. The molecule has 2 atom stereocenters. The van der Waals surface area contributed by atoms with Gasteiger partial charge in [-0.25, -0.2) is 18.1 Å². The summed E-state index contributed by atoms with van der Waals surface area (Å²) in [5.74, 6) is -2.49. The Morgan fingerprint density at radius 3 is 2.49 bits per heavy atom. The number of allylic oxidation sites excluding steroid dienone is 1. The van der Waals surface area contributed by atoms with Gasteiger partial charge in [-0.1, -0.05) is 62.9 Å². The fraction of sp³-hybridized carbons (Fsp3) is 0.433. The zero-order valence-electron chi connectivity index (χ0n) is 24.0. The van der Waals surface area contributed by atoms with E-state index in [0.29, 0.717) is 19.4 Å². The Kier molecular flexibility index (Phi) is 11.1. The van der Waals surface area contributed by atoms with E-state index in [1.807, 2.05) is 18.2 Å². The summed E-state index contributed by atoms with van der Waals surface area (Å²) >= 11 is 0. The molecule has 0 spiro atoms. The number of nitrogens with zero attached hydrogens (tertiary/aromatic N) is 2. The Labute approximate surface area is 241 Å². The van der Waals surface area contributed by atoms with Crippen molar-refractivity contribution in [2.24, 2.45) is 13.0 Å². The monoisotopic (exact) mass is 590 g/mol. The maximum atomic E-state index is 12.6. The number of sulfonamides is 1. The van der Waals surface area contributed by atoms with Crippen molar-refractivity contribution in [1.82, 2.24) is 19.6 Å². The minimum absolute atomic E-state index is 0.0210. The van der Waals surface area contributed by atoms with Crippen molar-refractivity contribution in [3.8, 4) is 5.75 Å². The summed E-state index contributed by atoms with van der Waals surface area (Å²) in [6.45, 7) is 9.42. The summed E-state index contributed by atoms with van der Waals surface area (Å²) in [5, 5.41) is 11.7. The molecule has 2 unspecified atom stereocenters. The molecule has 0 amide bonds. The molecule has 1 aliphatic rings. The zero-order valence-corrected chi connectivity index (χ0v) is 24.8. The van der Waals surface area contributed by atoms with E-state index in [0.717, 1.165) is 36.3 Å². The first-order valence-corrected chi connectivity index (χ1v) is 15.0. The molecule has 0 radical (unpaired) electrons. The Hall–Kier alpha value is -3.28. The number of nitrogens with one attached hydrogen (secondary N) is 2. The molecule has 3 N–H and O–H groups in total. The molecule has 0 bridgehead atoms. The molecule has 2 aromatic carbocycles. The Morgan fingerprint density at radius 2 is 1.90 bits per heavy atom. The summed E-state index contributed by atoms with van der Waals surface area (Å²) in [6, 6.07) is 16.6. The van der Waals surface area contributed by atoms with Gasteiger partial charge in [0, 0.05) is 38.7 Å². The van der Waals surface area contributed by atoms with E-state index in [2.05, 4.69) is 65.8 Å². The molecule has 3 aromatic rings. The van der Waals surface area contributed by atoms with Crippen LogP contribution in [0.1, 0.15) is 49.8 Å². The largest absolute Gasteiger partial charge is 0.507 e. The first kappa shape index (κ1) is 32.2. The second-order valence-electron chi connectivity index (χ2n) is 10.8. The summed E-state index contributed by atoms with van der Waals surface area (Å²) in [6.07, 6.45) is 4.97. The van der Waals surface area contributed by atoms with Crippen LogP contribution in [0.4, 0.5) is 8.78 Å². The van der Waals surface area contributed by atoms with E-state index in [-0.39, 0.29) is 23.5 Å². The van der Waals surface area contributed by atoms with Crippen LogP contribution >= 0.6 is 0 Å². The molecule has 0 aliphatic carbocycles. The predicted octanol–water partition coefficient (Wildman–Crippen LogP) is 5.33. The van der Waals surface area contributed by atoms with Crippen molar-refractivity contribution in [3.05, 3.63) is 90.1 Å². The molecule has 0 saturated heterocycles. The van der Waals surface area contributed by atoms with Crippen molar-refractivity contribution in [2.75, 3.05) is 13.2 Å². The van der Waals surface area contributed by atoms with Crippen LogP contribution in [0.3, 0.4) is 0 Å². The first-order valence-electron chi connectivity index (χ1n) is 13.5. The van der Waals surface area contributed by atoms with Crippen LogP contribution in [0, 0.1) is 5.92 Å². The lowest BCUT2D eigenvalue weighted by Gasteiger charge is -2.35. The van der Waals surface area contributed by atoms with Gasteiger partial charge in [-0.2, -0.15) is 8.78 Å². The fourth-order valence-electron chi connectivity index (χ4n) is 4.30. The zero-order chi connectivity index (χ0) is 30.2. The molecule has 1 aromatic heterocycles. The lowest BCUT2D eigenvalue weighted by molar-refractivity contribution is 0.0197. The molecule has 1 aliphatic heterocycles. The van der Waals surface area contributed by atoms with E-state index in [4.69, 9.17) is 9.84 Å². The third kappa shape index (κ3) is 9.65. The number of ether oxygens (including phenoxy) is 1. The van der Waals surface area contributed by atoms with Crippen molar-refractivity contribution >= 4 is 10.0 Å². The number of hydrogen-bond acceptors (Lipinski definition) is 6. The minimum atomic E-state index is -3.68. The number of imidazole rings is 1. The van der Waals surface area contributed by atoms with E-state index in [1.54, 1.807) is 11.6 Å². The number of hydrogen-bond donors (Lipinski definition) is 3. The van der Waals surface area contributed by atoms with Crippen LogP contribution in [0.25, 0.3) is 0 Å². The molecule has 0 fully saturated rings. The fourth-order valence-corrected chi connectivity index (χ4v) is 5.30. The van der Waals surface area contributed by atoms with Gasteiger partial charge in [0.05, 0.1) is 6.33 Å². The van der Waals surface area contributed by atoms with E-state index in [1.165, 1.54) is 18.1 Å². The lowest BCUT2D eigenvalue weighted by Crippen LogP contribution is -2.44. The average Bonchev–Trinajstić information content (AvgIpc) is 3.36. The van der Waals surface area contributed by atoms with Gasteiger partial charge in [0.15, 0.2) is 10.8 Å². The van der Waals surface area contributed by atoms with Crippen LogP contribution in [0.15, 0.2) is 78.4 Å². The molecular formula is C30H40F2N4O4S. The van der Waals surface area contributed by atoms with Gasteiger partial charge in [0.2, 0.25) is 0 Å². The summed E-state index contributed by atoms with van der Waals surface area (Å²) in [5.41, 5.74) is 3.28. The van der Waals surface area contributed by atoms with Crippen LogP contribution in [-0.4, -0.2) is 48.2 Å². The normalized spacial score (nSPS) is 16.9. The van der Waals surface area contributed by atoms with E-state index in [9.17, 15) is 17.2 Å². The number of alkyl halides is 2. The van der Waals surface area contributed by atoms with Crippen LogP contribution in [0.5, 0.6) is 5.75 Å². The highest BCUT2D eigenvalue weighted by molar-refractivity contribution is 7.89. The van der Waals surface area contributed by atoms with Gasteiger partial charge < -0.3 is 19.7 Å². The second kappa shape index (κ2) is 14.1. The summed E-state index contributed by atoms with van der Waals surface area (Å²) in [7, 11) is -1.93. The van der Waals surface area contributed by atoms with Gasteiger partial charge >= 0.3 is 0 Å². The Balaban J connectivity index is 0.000000587. The summed E-state index contributed by atoms with van der Waals surface area (Å²) in [4.78, 5) is 3.96. The molecule has 41 heavy (non-hydrogen) atoms. The van der Waals surface area contributed by atoms with Crippen molar-refractivity contribution in [2.45, 2.75) is 63.1 Å². The Morgan fingerprint density at radius 1 is 1.22 bits per heavy atom. The average molecular weight is 591 g/mol. The van der Waals surface area contributed by atoms with Crippen LogP contribution in [-0.2, 0) is 30.0 Å². The molecule has 11 heteroatoms. The maximum absolute atomic E-state index is 12.6. The molecular weight excluding hydrogens is 550 g/mol. The quantitative estimate of drug-likeness (QED) is 0.261. The number of rotatable bonds is 11. The maximum Gasteiger partial charge on any atom is 0.300 e. The van der Waals surface area contributed by atoms with Gasteiger partial charge in [-0.15, -0.1) is 0 Å². The van der Waals surface area contributed by atoms with Gasteiger partial charge in [0.25, 0.3) is 15.9 Å². The van der Waals surface area contributed by atoms with Gasteiger partial charge in [0.1, 0.15) is 12.4 Å². The highest BCUT2D eigenvalue weighted by atomic mass is 32.2. The topological polar surface area (TPSA) is 105 Å². The second-order valence-corrected chi connectivity index (χ2v) is 12.5. The highest BCUT2D eigenvalue weighted by Crippen LogP contribution is 2.37. The standard InChI is InChI=1S/C26H34N4O3S.C4H6F2O/c1-19(2)11-12-27-24-17-33-25-10-9-21(15-29-34(31,32)26-16-30(3)18-28-26)14-23(25)22(24)13-20-7-5-4-6-8-20;1-3(7)4(2,5)6/h4-10,14,16,18-19,22,24,27,29H,11-13,15,17H2,1-3H3;7H,1H2,2H3. The number of aliphatic hydroxyl groups excluding tert-OH is 1. The molecule has 8 nitrogen and oxygen atoms in total. The summed E-state index contributed by atoms with van der Waals surface area (Å²) < 4.78 is 58.6. The molecule has 2 heterocycles. The number of fused-ring (bicyclic) bond motifs is 1. The van der Waals surface area contributed by atoms with Crippen molar-refractivity contribution < 1.29 is 27.0 Å².